The lowest BCUT2D eigenvalue weighted by atomic mass is 10.0. The molecule has 0 aliphatic rings. The van der Waals surface area contributed by atoms with E-state index < -0.39 is 97.5 Å². The number of unbranched alkanes of at least 4 members (excludes halogenated alkanes) is 39. The number of aliphatic hydroxyl groups excluding tert-OH is 1. The average molecular weight is 1350 g/mol. The van der Waals surface area contributed by atoms with Crippen LogP contribution in [0.25, 0.3) is 0 Å². The number of ether oxygens (including phenoxy) is 4. The fraction of sp³-hybridized carbons (Fsp3) is 0.945. The molecule has 0 rings (SSSR count). The van der Waals surface area contributed by atoms with E-state index in [9.17, 15) is 43.2 Å². The second kappa shape index (κ2) is 63.8. The zero-order valence-corrected chi connectivity index (χ0v) is 61.8. The van der Waals surface area contributed by atoms with Crippen molar-refractivity contribution in [1.82, 2.24) is 0 Å². The average Bonchev–Trinajstić information content (AvgIpc) is 3.47. The van der Waals surface area contributed by atoms with Gasteiger partial charge in [0.2, 0.25) is 0 Å². The third-order valence-electron chi connectivity index (χ3n) is 16.9. The number of esters is 4. The summed E-state index contributed by atoms with van der Waals surface area (Å²) in [5.74, 6) is 0.0689. The van der Waals surface area contributed by atoms with E-state index in [0.29, 0.717) is 37.5 Å². The molecule has 2 unspecified atom stereocenters. The number of aliphatic hydroxyl groups is 1. The van der Waals surface area contributed by atoms with Crippen molar-refractivity contribution in [2.75, 3.05) is 39.6 Å². The van der Waals surface area contributed by atoms with Crippen LogP contribution >= 0.6 is 15.6 Å². The number of hydrogen-bond acceptors (Lipinski definition) is 15. The smallest absolute Gasteiger partial charge is 0.462 e. The van der Waals surface area contributed by atoms with Crippen LogP contribution in [0.4, 0.5) is 0 Å². The maximum atomic E-state index is 13.0. The monoisotopic (exact) mass is 1350 g/mol. The Morgan fingerprint density at radius 2 is 0.500 bits per heavy atom. The highest BCUT2D eigenvalue weighted by Gasteiger charge is 2.30. The summed E-state index contributed by atoms with van der Waals surface area (Å²) in [6.45, 7) is 11.8. The van der Waals surface area contributed by atoms with Gasteiger partial charge in [-0.05, 0) is 43.4 Å². The lowest BCUT2D eigenvalue weighted by molar-refractivity contribution is -0.161. The third kappa shape index (κ3) is 66.7. The molecule has 0 saturated carbocycles. The van der Waals surface area contributed by atoms with Crippen molar-refractivity contribution in [1.29, 1.82) is 0 Å². The Hall–Kier alpha value is -1.94. The molecule has 0 radical (unpaired) electrons. The van der Waals surface area contributed by atoms with Gasteiger partial charge in [0.15, 0.2) is 12.2 Å². The van der Waals surface area contributed by atoms with E-state index in [1.54, 1.807) is 0 Å². The molecule has 546 valence electrons. The van der Waals surface area contributed by atoms with Crippen LogP contribution in [0.15, 0.2) is 0 Å². The van der Waals surface area contributed by atoms with Gasteiger partial charge in [-0.2, -0.15) is 0 Å². The Morgan fingerprint density at radius 3 is 0.739 bits per heavy atom. The molecule has 0 aromatic carbocycles. The summed E-state index contributed by atoms with van der Waals surface area (Å²) in [7, 11) is -9.90. The molecule has 0 aliphatic heterocycles. The molecular weight excluding hydrogens is 1210 g/mol. The van der Waals surface area contributed by atoms with Crippen LogP contribution in [0, 0.1) is 17.8 Å². The van der Waals surface area contributed by atoms with Crippen LogP contribution in [-0.2, 0) is 65.4 Å². The molecule has 0 heterocycles. The van der Waals surface area contributed by atoms with Gasteiger partial charge in [0.05, 0.1) is 26.4 Å². The van der Waals surface area contributed by atoms with Crippen LogP contribution < -0.4 is 0 Å². The number of phosphoric ester groups is 2. The molecule has 0 aliphatic carbocycles. The Balaban J connectivity index is 5.17. The van der Waals surface area contributed by atoms with Gasteiger partial charge in [0.25, 0.3) is 0 Å². The van der Waals surface area contributed by atoms with Gasteiger partial charge in [-0.1, -0.05) is 318 Å². The quantitative estimate of drug-likeness (QED) is 0.0222. The molecule has 3 N–H and O–H groups in total. The first-order valence-electron chi connectivity index (χ1n) is 37.8. The lowest BCUT2D eigenvalue weighted by Gasteiger charge is -2.21. The van der Waals surface area contributed by atoms with Crippen molar-refractivity contribution in [2.24, 2.45) is 17.8 Å². The summed E-state index contributed by atoms with van der Waals surface area (Å²) in [4.78, 5) is 72.5. The van der Waals surface area contributed by atoms with Gasteiger partial charge < -0.3 is 33.8 Å². The number of carbonyl (C=O) groups excluding carboxylic acids is 4. The SMILES string of the molecule is CCCCCCCCCCCCCCC(=O)OC[C@H](COP(=O)(O)OC[C@@H](O)COP(=O)(O)OC[C@@H](COC(=O)CCCCCCCCC(C)C)OC(=O)CCCCCCCCCC(C)C)OC(=O)CCCCCCCCCCCCCCCCCCCCC(C)C. The van der Waals surface area contributed by atoms with Gasteiger partial charge in [0.1, 0.15) is 19.3 Å². The first-order chi connectivity index (χ1) is 44.2. The minimum absolute atomic E-state index is 0.102. The Bertz CT molecular complexity index is 1800. The molecule has 17 nitrogen and oxygen atoms in total. The second-order valence-electron chi connectivity index (χ2n) is 27.8. The normalized spacial score (nSPS) is 14.1. The number of phosphoric acid groups is 2. The topological polar surface area (TPSA) is 237 Å². The van der Waals surface area contributed by atoms with Crippen molar-refractivity contribution < 1.29 is 80.2 Å². The zero-order chi connectivity index (χ0) is 68.0. The maximum absolute atomic E-state index is 13.0. The summed E-state index contributed by atoms with van der Waals surface area (Å²) >= 11 is 0. The second-order valence-corrected chi connectivity index (χ2v) is 30.7. The molecule has 0 aromatic rings. The van der Waals surface area contributed by atoms with E-state index in [1.807, 2.05) is 0 Å². The van der Waals surface area contributed by atoms with Crippen LogP contribution in [0.1, 0.15) is 370 Å². The molecule has 92 heavy (non-hydrogen) atoms. The summed E-state index contributed by atoms with van der Waals surface area (Å²) in [6, 6.07) is 0. The molecular formula is C73H142O17P2. The van der Waals surface area contributed by atoms with E-state index in [-0.39, 0.29) is 25.7 Å². The molecule has 0 fully saturated rings. The van der Waals surface area contributed by atoms with Gasteiger partial charge in [-0.15, -0.1) is 0 Å². The van der Waals surface area contributed by atoms with Crippen LogP contribution in [0.5, 0.6) is 0 Å². The van der Waals surface area contributed by atoms with E-state index in [4.69, 9.17) is 37.0 Å². The molecule has 0 aromatic heterocycles. The van der Waals surface area contributed by atoms with Crippen LogP contribution in [-0.4, -0.2) is 96.7 Å². The first-order valence-corrected chi connectivity index (χ1v) is 40.8. The standard InChI is InChI=1S/C73H142O17P2/c1-8-9-10-11-12-13-14-24-27-32-40-47-54-70(75)83-60-68(89-72(77)56-49-42-33-28-25-22-20-18-16-15-17-19-21-23-26-30-37-44-51-64(2)3)62-87-91(79,80)85-58-67(74)59-86-92(81,82)88-63-69(61-84-71(76)55-48-41-36-35-39-46-53-66(6)7)90-73(78)57-50-43-34-29-31-38-45-52-65(4)5/h64-69,74H,8-63H2,1-7H3,(H,79,80)(H,81,82)/t67-,68-,69-/m1/s1. The van der Waals surface area contributed by atoms with Crippen molar-refractivity contribution >= 4 is 39.5 Å². The highest BCUT2D eigenvalue weighted by atomic mass is 31.2. The largest absolute Gasteiger partial charge is 0.472 e. The Morgan fingerprint density at radius 1 is 0.293 bits per heavy atom. The molecule has 0 amide bonds. The Kier molecular flexibility index (Phi) is 62.4. The van der Waals surface area contributed by atoms with Gasteiger partial charge in [-0.3, -0.25) is 37.3 Å². The maximum Gasteiger partial charge on any atom is 0.472 e. The molecule has 0 saturated heterocycles. The number of hydrogen-bond donors (Lipinski definition) is 3. The van der Waals surface area contributed by atoms with Crippen LogP contribution in [0.2, 0.25) is 0 Å². The molecule has 0 bridgehead atoms. The van der Waals surface area contributed by atoms with Crippen molar-refractivity contribution in [3.05, 3.63) is 0 Å². The number of rotatable bonds is 71. The van der Waals surface area contributed by atoms with E-state index >= 15 is 0 Å². The Labute approximate surface area is 562 Å². The molecule has 5 atom stereocenters. The first kappa shape index (κ1) is 90.1. The van der Waals surface area contributed by atoms with E-state index in [0.717, 1.165) is 102 Å². The van der Waals surface area contributed by atoms with E-state index in [2.05, 4.69) is 48.5 Å². The molecule has 0 spiro atoms. The van der Waals surface area contributed by atoms with Crippen molar-refractivity contribution in [3.8, 4) is 0 Å². The minimum Gasteiger partial charge on any atom is -0.462 e. The third-order valence-corrected chi connectivity index (χ3v) is 18.8. The van der Waals surface area contributed by atoms with E-state index in [1.165, 1.54) is 173 Å². The van der Waals surface area contributed by atoms with Crippen LogP contribution in [0.3, 0.4) is 0 Å². The van der Waals surface area contributed by atoms with Gasteiger partial charge >= 0.3 is 39.5 Å². The van der Waals surface area contributed by atoms with Gasteiger partial charge in [0, 0.05) is 25.7 Å². The molecule has 19 heteroatoms. The highest BCUT2D eigenvalue weighted by molar-refractivity contribution is 7.47. The highest BCUT2D eigenvalue weighted by Crippen LogP contribution is 2.45. The predicted molar refractivity (Wildman–Crippen MR) is 372 cm³/mol. The summed E-state index contributed by atoms with van der Waals surface area (Å²) in [6.07, 6.45) is 48.9. The predicted octanol–water partition coefficient (Wildman–Crippen LogP) is 21.0. The fourth-order valence-corrected chi connectivity index (χ4v) is 12.7. The summed E-state index contributed by atoms with van der Waals surface area (Å²) in [5, 5.41) is 10.6. The van der Waals surface area contributed by atoms with Gasteiger partial charge in [-0.25, -0.2) is 9.13 Å². The summed E-state index contributed by atoms with van der Waals surface area (Å²) < 4.78 is 68.3. The number of carbonyl (C=O) groups is 4. The van der Waals surface area contributed by atoms with Crippen molar-refractivity contribution in [3.63, 3.8) is 0 Å². The van der Waals surface area contributed by atoms with Crippen molar-refractivity contribution in [2.45, 2.75) is 388 Å². The fourth-order valence-electron chi connectivity index (χ4n) is 11.1. The summed E-state index contributed by atoms with van der Waals surface area (Å²) in [5.41, 5.74) is 0. The lowest BCUT2D eigenvalue weighted by Crippen LogP contribution is -2.30. The minimum atomic E-state index is -4.95. The zero-order valence-electron chi connectivity index (χ0n) is 60.0.